The third-order valence-corrected chi connectivity index (χ3v) is 4.20. The molecule has 1 atom stereocenters. The topological polar surface area (TPSA) is 59.3 Å². The van der Waals surface area contributed by atoms with Gasteiger partial charge in [-0.3, -0.25) is 0 Å². The molecule has 0 saturated carbocycles. The van der Waals surface area contributed by atoms with Crippen LogP contribution in [-0.4, -0.2) is 21.5 Å². The zero-order chi connectivity index (χ0) is 16.7. The number of benzene rings is 2. The first-order valence-corrected chi connectivity index (χ1v) is 8.05. The summed E-state index contributed by atoms with van der Waals surface area (Å²) in [5, 5.41) is 18.1. The molecule has 0 saturated heterocycles. The first kappa shape index (κ1) is 14.6. The molecule has 0 aliphatic carbocycles. The number of hydrogen-bond donors (Lipinski definition) is 2. The standard InChI is InChI=1S/C19H19N3O2/c1-3-24-18-11-13(8-9-17(18)23)19-20-15-7-5-4-6-14(15)16-10-12(2)21-22(16)19/h4-11,19-20,23H,3H2,1-2H3. The third-order valence-electron chi connectivity index (χ3n) is 4.20. The van der Waals surface area contributed by atoms with E-state index in [1.165, 1.54) is 0 Å². The van der Waals surface area contributed by atoms with Crippen LogP contribution in [0.15, 0.2) is 48.5 Å². The smallest absolute Gasteiger partial charge is 0.161 e. The van der Waals surface area contributed by atoms with Crippen molar-refractivity contribution in [2.24, 2.45) is 0 Å². The number of nitrogens with one attached hydrogen (secondary N) is 1. The van der Waals surface area contributed by atoms with Crippen LogP contribution in [0.5, 0.6) is 11.5 Å². The Morgan fingerprint density at radius 2 is 2.04 bits per heavy atom. The Hall–Kier alpha value is -2.95. The van der Waals surface area contributed by atoms with Crippen molar-refractivity contribution < 1.29 is 9.84 Å². The maximum Gasteiger partial charge on any atom is 0.161 e. The Morgan fingerprint density at radius 1 is 1.21 bits per heavy atom. The molecule has 2 N–H and O–H groups in total. The average Bonchev–Trinajstić information content (AvgIpc) is 2.98. The van der Waals surface area contributed by atoms with E-state index in [-0.39, 0.29) is 11.9 Å². The van der Waals surface area contributed by atoms with Crippen molar-refractivity contribution in [2.45, 2.75) is 20.0 Å². The molecule has 2 aromatic carbocycles. The number of anilines is 1. The number of ether oxygens (including phenoxy) is 1. The minimum atomic E-state index is -0.150. The summed E-state index contributed by atoms with van der Waals surface area (Å²) in [7, 11) is 0. The molecule has 1 aliphatic heterocycles. The molecular formula is C19H19N3O2. The van der Waals surface area contributed by atoms with Crippen molar-refractivity contribution in [1.29, 1.82) is 0 Å². The van der Waals surface area contributed by atoms with E-state index in [1.807, 2.05) is 42.8 Å². The van der Waals surface area contributed by atoms with Crippen LogP contribution >= 0.6 is 0 Å². The number of para-hydroxylation sites is 1. The zero-order valence-electron chi connectivity index (χ0n) is 13.7. The highest BCUT2D eigenvalue weighted by Crippen LogP contribution is 2.39. The van der Waals surface area contributed by atoms with Gasteiger partial charge in [0.2, 0.25) is 0 Å². The van der Waals surface area contributed by atoms with E-state index >= 15 is 0 Å². The van der Waals surface area contributed by atoms with Gasteiger partial charge in [0.15, 0.2) is 11.5 Å². The van der Waals surface area contributed by atoms with Gasteiger partial charge in [0, 0.05) is 16.8 Å². The van der Waals surface area contributed by atoms with Crippen molar-refractivity contribution in [1.82, 2.24) is 9.78 Å². The molecule has 0 fully saturated rings. The van der Waals surface area contributed by atoms with Crippen molar-refractivity contribution in [3.05, 3.63) is 59.8 Å². The van der Waals surface area contributed by atoms with E-state index in [2.05, 4.69) is 28.6 Å². The fraction of sp³-hybridized carbons (Fsp3) is 0.211. The van der Waals surface area contributed by atoms with Crippen LogP contribution in [0.4, 0.5) is 5.69 Å². The zero-order valence-corrected chi connectivity index (χ0v) is 13.7. The van der Waals surface area contributed by atoms with Crippen LogP contribution in [0.1, 0.15) is 24.3 Å². The molecule has 5 nitrogen and oxygen atoms in total. The van der Waals surface area contributed by atoms with Crippen molar-refractivity contribution in [3.63, 3.8) is 0 Å². The summed E-state index contributed by atoms with van der Waals surface area (Å²) < 4.78 is 7.51. The van der Waals surface area contributed by atoms with Gasteiger partial charge in [0.05, 0.1) is 18.0 Å². The lowest BCUT2D eigenvalue weighted by atomic mass is 10.0. The largest absolute Gasteiger partial charge is 0.504 e. The van der Waals surface area contributed by atoms with Gasteiger partial charge >= 0.3 is 0 Å². The van der Waals surface area contributed by atoms with Gasteiger partial charge in [-0.2, -0.15) is 5.10 Å². The first-order valence-electron chi connectivity index (χ1n) is 8.05. The van der Waals surface area contributed by atoms with Crippen LogP contribution in [-0.2, 0) is 0 Å². The molecule has 0 amide bonds. The number of fused-ring (bicyclic) bond motifs is 3. The van der Waals surface area contributed by atoms with Crippen LogP contribution in [0.2, 0.25) is 0 Å². The number of rotatable bonds is 3. The molecule has 0 spiro atoms. The number of hydrogen-bond acceptors (Lipinski definition) is 4. The number of phenolic OH excluding ortho intramolecular Hbond substituents is 1. The quantitative estimate of drug-likeness (QED) is 0.767. The van der Waals surface area contributed by atoms with Crippen LogP contribution in [0, 0.1) is 6.92 Å². The van der Waals surface area contributed by atoms with Crippen molar-refractivity contribution in [2.75, 3.05) is 11.9 Å². The molecule has 4 rings (SSSR count). The molecule has 5 heteroatoms. The molecular weight excluding hydrogens is 302 g/mol. The van der Waals surface area contributed by atoms with E-state index in [9.17, 15) is 5.11 Å². The minimum Gasteiger partial charge on any atom is -0.504 e. The van der Waals surface area contributed by atoms with Gasteiger partial charge in [-0.25, -0.2) is 4.68 Å². The number of nitrogens with zero attached hydrogens (tertiary/aromatic N) is 2. The third kappa shape index (κ3) is 2.29. The Bertz CT molecular complexity index is 901. The summed E-state index contributed by atoms with van der Waals surface area (Å²) in [5.74, 6) is 0.634. The molecule has 24 heavy (non-hydrogen) atoms. The second kappa shape index (κ2) is 5.60. The predicted molar refractivity (Wildman–Crippen MR) is 93.4 cm³/mol. The Balaban J connectivity index is 1.84. The van der Waals surface area contributed by atoms with Gasteiger partial charge in [0.1, 0.15) is 6.17 Å². The Labute approximate surface area is 140 Å². The van der Waals surface area contributed by atoms with Crippen LogP contribution in [0.3, 0.4) is 0 Å². The lowest BCUT2D eigenvalue weighted by Crippen LogP contribution is -2.25. The van der Waals surface area contributed by atoms with E-state index in [4.69, 9.17) is 4.74 Å². The van der Waals surface area contributed by atoms with Crippen LogP contribution in [0.25, 0.3) is 11.3 Å². The molecule has 122 valence electrons. The summed E-state index contributed by atoms with van der Waals surface area (Å²) in [4.78, 5) is 0. The highest BCUT2D eigenvalue weighted by molar-refractivity contribution is 5.78. The Kier molecular flexibility index (Phi) is 3.41. The Morgan fingerprint density at radius 3 is 2.88 bits per heavy atom. The summed E-state index contributed by atoms with van der Waals surface area (Å²) in [6.07, 6.45) is -0.150. The van der Waals surface area contributed by atoms with Gasteiger partial charge in [-0.15, -0.1) is 0 Å². The lowest BCUT2D eigenvalue weighted by Gasteiger charge is -2.29. The molecule has 1 unspecified atom stereocenters. The highest BCUT2D eigenvalue weighted by atomic mass is 16.5. The van der Waals surface area contributed by atoms with Crippen molar-refractivity contribution >= 4 is 5.69 Å². The molecule has 2 heterocycles. The van der Waals surface area contributed by atoms with Gasteiger partial charge in [0.25, 0.3) is 0 Å². The molecule has 0 bridgehead atoms. The maximum atomic E-state index is 9.95. The summed E-state index contributed by atoms with van der Waals surface area (Å²) in [6.45, 7) is 4.40. The van der Waals surface area contributed by atoms with E-state index < -0.39 is 0 Å². The molecule has 1 aromatic heterocycles. The summed E-state index contributed by atoms with van der Waals surface area (Å²) in [5.41, 5.74) is 5.24. The minimum absolute atomic E-state index is 0.147. The predicted octanol–water partition coefficient (Wildman–Crippen LogP) is 3.94. The average molecular weight is 321 g/mol. The first-order chi connectivity index (χ1) is 11.7. The fourth-order valence-electron chi connectivity index (χ4n) is 3.15. The highest BCUT2D eigenvalue weighted by Gasteiger charge is 2.26. The van der Waals surface area contributed by atoms with Crippen molar-refractivity contribution in [3.8, 4) is 22.8 Å². The monoisotopic (exact) mass is 321 g/mol. The van der Waals surface area contributed by atoms with Gasteiger partial charge < -0.3 is 15.2 Å². The van der Waals surface area contributed by atoms with Gasteiger partial charge in [-0.05, 0) is 38.1 Å². The second-order valence-electron chi connectivity index (χ2n) is 5.87. The normalized spacial score (nSPS) is 15.3. The van der Waals surface area contributed by atoms with E-state index in [1.54, 1.807) is 6.07 Å². The van der Waals surface area contributed by atoms with Gasteiger partial charge in [-0.1, -0.05) is 24.3 Å². The van der Waals surface area contributed by atoms with Crippen LogP contribution < -0.4 is 10.1 Å². The number of aryl methyl sites for hydroxylation is 1. The number of aromatic hydroxyl groups is 1. The van der Waals surface area contributed by atoms with E-state index in [0.29, 0.717) is 12.4 Å². The second-order valence-corrected chi connectivity index (χ2v) is 5.87. The molecule has 1 aliphatic rings. The summed E-state index contributed by atoms with van der Waals surface area (Å²) >= 11 is 0. The maximum absolute atomic E-state index is 9.95. The number of phenols is 1. The molecule has 3 aromatic rings. The number of aromatic nitrogens is 2. The SMILES string of the molecule is CCOc1cc(C2Nc3ccccc3-c3cc(C)nn32)ccc1O. The fourth-order valence-corrected chi connectivity index (χ4v) is 3.15. The molecule has 0 radical (unpaired) electrons. The summed E-state index contributed by atoms with van der Waals surface area (Å²) in [6, 6.07) is 15.7. The van der Waals surface area contributed by atoms with E-state index in [0.717, 1.165) is 28.2 Å². The lowest BCUT2D eigenvalue weighted by molar-refractivity contribution is 0.317.